The van der Waals surface area contributed by atoms with E-state index in [1.807, 2.05) is 0 Å². The fourth-order valence-corrected chi connectivity index (χ4v) is 3.46. The van der Waals surface area contributed by atoms with Gasteiger partial charge in [-0.05, 0) is 17.7 Å². The SMILES string of the molecule is OC[C@H]1OC(S/C(C[C@@H](O)c2ccc(O)cc2)=N\O)[C@H](O)[C@@H](O)[C@@H]1O. The van der Waals surface area contributed by atoms with E-state index in [4.69, 9.17) is 15.1 Å². The van der Waals surface area contributed by atoms with E-state index >= 15 is 0 Å². The largest absolute Gasteiger partial charge is 0.508 e. The lowest BCUT2D eigenvalue weighted by atomic mass is 10.0. The number of nitrogens with zero attached hydrogens (tertiary/aromatic N) is 1. The number of aromatic hydroxyl groups is 1. The predicted octanol–water partition coefficient (Wildman–Crippen LogP) is -0.863. The molecular weight excluding hydrogens is 354 g/mol. The number of aliphatic hydroxyl groups is 5. The molecule has 1 aromatic carbocycles. The third-order valence-electron chi connectivity index (χ3n) is 3.86. The fraction of sp³-hybridized carbons (Fsp3) is 0.533. The van der Waals surface area contributed by atoms with E-state index in [1.165, 1.54) is 24.3 Å². The first-order chi connectivity index (χ1) is 11.9. The molecule has 0 bridgehead atoms. The van der Waals surface area contributed by atoms with Gasteiger partial charge in [0.25, 0.3) is 0 Å². The molecule has 0 aliphatic carbocycles. The second-order valence-electron chi connectivity index (χ2n) is 5.62. The van der Waals surface area contributed by atoms with Crippen LogP contribution in [0.2, 0.25) is 0 Å². The lowest BCUT2D eigenvalue weighted by Crippen LogP contribution is -2.57. The molecule has 1 saturated heterocycles. The third kappa shape index (κ3) is 4.82. The Hall–Kier alpha value is -1.40. The average molecular weight is 375 g/mol. The van der Waals surface area contributed by atoms with E-state index in [9.17, 15) is 25.5 Å². The van der Waals surface area contributed by atoms with Crippen LogP contribution in [0.15, 0.2) is 29.4 Å². The van der Waals surface area contributed by atoms with E-state index in [1.54, 1.807) is 0 Å². The molecule has 1 aliphatic heterocycles. The van der Waals surface area contributed by atoms with Crippen molar-refractivity contribution in [2.75, 3.05) is 6.61 Å². The number of ether oxygens (including phenoxy) is 1. The summed E-state index contributed by atoms with van der Waals surface area (Å²) in [5, 5.41) is 70.3. The number of rotatable bonds is 5. The van der Waals surface area contributed by atoms with Crippen LogP contribution in [-0.2, 0) is 4.74 Å². The number of aliphatic hydroxyl groups excluding tert-OH is 5. The van der Waals surface area contributed by atoms with Crippen LogP contribution in [0.4, 0.5) is 0 Å². The Morgan fingerprint density at radius 1 is 1.12 bits per heavy atom. The van der Waals surface area contributed by atoms with Crippen molar-refractivity contribution in [3.8, 4) is 5.75 Å². The molecule has 0 saturated carbocycles. The summed E-state index contributed by atoms with van der Waals surface area (Å²) in [5.41, 5.74) is -0.623. The molecule has 1 fully saturated rings. The fourth-order valence-electron chi connectivity index (χ4n) is 2.39. The molecule has 0 aromatic heterocycles. The summed E-state index contributed by atoms with van der Waals surface area (Å²) in [7, 11) is 0. The van der Waals surface area contributed by atoms with Crippen LogP contribution in [0.1, 0.15) is 18.1 Å². The van der Waals surface area contributed by atoms with Crippen molar-refractivity contribution in [3.05, 3.63) is 29.8 Å². The van der Waals surface area contributed by atoms with Gasteiger partial charge in [0.2, 0.25) is 0 Å². The van der Waals surface area contributed by atoms with Gasteiger partial charge in [-0.25, -0.2) is 0 Å². The Balaban J connectivity index is 2.02. The lowest BCUT2D eigenvalue weighted by molar-refractivity contribution is -0.205. The van der Waals surface area contributed by atoms with Gasteiger partial charge in [-0.15, -0.1) is 0 Å². The summed E-state index contributed by atoms with van der Waals surface area (Å²) >= 11 is 0.761. The minimum atomic E-state index is -1.54. The van der Waals surface area contributed by atoms with Gasteiger partial charge in [-0.3, -0.25) is 0 Å². The number of phenolic OH excluding ortho intramolecular Hbond substituents is 1. The summed E-state index contributed by atoms with van der Waals surface area (Å²) in [4.78, 5) is 0. The highest BCUT2D eigenvalue weighted by Crippen LogP contribution is 2.32. The molecule has 1 heterocycles. The van der Waals surface area contributed by atoms with E-state index in [0.717, 1.165) is 11.8 Å². The maximum atomic E-state index is 10.2. The molecule has 9 nitrogen and oxygen atoms in total. The van der Waals surface area contributed by atoms with E-state index in [2.05, 4.69) is 5.16 Å². The van der Waals surface area contributed by atoms with Crippen LogP contribution < -0.4 is 0 Å². The Morgan fingerprint density at radius 2 is 1.76 bits per heavy atom. The van der Waals surface area contributed by atoms with Crippen molar-refractivity contribution >= 4 is 16.8 Å². The molecular formula is C15H21NO8S. The van der Waals surface area contributed by atoms with Crippen LogP contribution in [-0.4, -0.2) is 77.3 Å². The second-order valence-corrected chi connectivity index (χ2v) is 6.79. The zero-order valence-corrected chi connectivity index (χ0v) is 13.9. The molecule has 1 aliphatic rings. The standard InChI is InChI=1S/C15H21NO8S/c17-6-10-12(20)13(21)14(22)15(24-10)25-11(16-23)5-9(19)7-1-3-8(18)4-2-7/h1-4,9-10,12-15,17-23H,5-6H2/b16-11-/t9-,10-,12-,13+,14-,15?/m1/s1. The third-order valence-corrected chi connectivity index (χ3v) is 5.00. The van der Waals surface area contributed by atoms with Crippen LogP contribution in [0.3, 0.4) is 0 Å². The molecule has 7 N–H and O–H groups in total. The highest BCUT2D eigenvalue weighted by molar-refractivity contribution is 8.14. The number of benzene rings is 1. The van der Waals surface area contributed by atoms with E-state index < -0.39 is 42.6 Å². The average Bonchev–Trinajstić information content (AvgIpc) is 2.61. The molecule has 1 aromatic rings. The highest BCUT2D eigenvalue weighted by atomic mass is 32.2. The lowest BCUT2D eigenvalue weighted by Gasteiger charge is -2.39. The summed E-state index contributed by atoms with van der Waals surface area (Å²) < 4.78 is 5.31. The molecule has 140 valence electrons. The summed E-state index contributed by atoms with van der Waals surface area (Å²) in [5.74, 6) is 0.0442. The van der Waals surface area contributed by atoms with Crippen LogP contribution in [0.25, 0.3) is 0 Å². The predicted molar refractivity (Wildman–Crippen MR) is 88.3 cm³/mol. The normalized spacial score (nSPS) is 31.7. The maximum Gasteiger partial charge on any atom is 0.138 e. The topological polar surface area (TPSA) is 163 Å². The first-order valence-electron chi connectivity index (χ1n) is 7.52. The van der Waals surface area contributed by atoms with E-state index in [0.29, 0.717) is 5.56 Å². The van der Waals surface area contributed by atoms with Gasteiger partial charge >= 0.3 is 0 Å². The molecule has 6 atom stereocenters. The van der Waals surface area contributed by atoms with Crippen molar-refractivity contribution in [1.29, 1.82) is 0 Å². The molecule has 25 heavy (non-hydrogen) atoms. The minimum absolute atomic E-state index is 0.0184. The van der Waals surface area contributed by atoms with Gasteiger partial charge in [0, 0.05) is 6.42 Å². The molecule has 0 radical (unpaired) electrons. The Labute approximate surface area is 147 Å². The van der Waals surface area contributed by atoms with Gasteiger partial charge in [0.1, 0.15) is 40.6 Å². The highest BCUT2D eigenvalue weighted by Gasteiger charge is 2.44. The van der Waals surface area contributed by atoms with Crippen molar-refractivity contribution in [2.45, 2.75) is 42.4 Å². The van der Waals surface area contributed by atoms with Gasteiger partial charge in [-0.1, -0.05) is 29.1 Å². The monoisotopic (exact) mass is 375 g/mol. The number of phenols is 1. The van der Waals surface area contributed by atoms with Crippen molar-refractivity contribution in [2.24, 2.45) is 5.16 Å². The number of thioether (sulfide) groups is 1. The molecule has 0 amide bonds. The smallest absolute Gasteiger partial charge is 0.138 e. The summed E-state index contributed by atoms with van der Waals surface area (Å²) in [6.45, 7) is -0.566. The molecule has 0 spiro atoms. The van der Waals surface area contributed by atoms with Crippen molar-refractivity contribution in [3.63, 3.8) is 0 Å². The molecule has 1 unspecified atom stereocenters. The van der Waals surface area contributed by atoms with Crippen LogP contribution in [0, 0.1) is 0 Å². The quantitative estimate of drug-likeness (QED) is 0.150. The van der Waals surface area contributed by atoms with Crippen molar-refractivity contribution < 1.29 is 40.6 Å². The maximum absolute atomic E-state index is 10.2. The molecule has 10 heteroatoms. The number of hydrogen-bond donors (Lipinski definition) is 7. The first kappa shape index (κ1) is 19.9. The summed E-state index contributed by atoms with van der Waals surface area (Å²) in [6, 6.07) is 5.82. The minimum Gasteiger partial charge on any atom is -0.508 e. The van der Waals surface area contributed by atoms with Gasteiger partial charge in [0.15, 0.2) is 0 Å². The van der Waals surface area contributed by atoms with Crippen molar-refractivity contribution in [1.82, 2.24) is 0 Å². The number of oxime groups is 1. The zero-order valence-electron chi connectivity index (χ0n) is 13.1. The Kier molecular flexibility index (Phi) is 7.02. The van der Waals surface area contributed by atoms with Gasteiger partial charge < -0.3 is 40.6 Å². The molecule has 2 rings (SSSR count). The van der Waals surface area contributed by atoms with Crippen LogP contribution in [0.5, 0.6) is 5.75 Å². The second kappa shape index (κ2) is 8.81. The van der Waals surface area contributed by atoms with Crippen LogP contribution >= 0.6 is 11.8 Å². The van der Waals surface area contributed by atoms with Gasteiger partial charge in [-0.2, -0.15) is 0 Å². The van der Waals surface area contributed by atoms with Gasteiger partial charge in [0.05, 0.1) is 12.7 Å². The zero-order chi connectivity index (χ0) is 18.6. The van der Waals surface area contributed by atoms with E-state index in [-0.39, 0.29) is 17.2 Å². The first-order valence-corrected chi connectivity index (χ1v) is 8.40. The summed E-state index contributed by atoms with van der Waals surface area (Å²) in [6.07, 6.45) is -6.72. The number of hydrogen-bond acceptors (Lipinski definition) is 10. The Bertz CT molecular complexity index is 581. The Morgan fingerprint density at radius 3 is 2.32 bits per heavy atom.